The summed E-state index contributed by atoms with van der Waals surface area (Å²) in [5.41, 5.74) is -2.65. The molecule has 2 unspecified atom stereocenters. The summed E-state index contributed by atoms with van der Waals surface area (Å²) in [5, 5.41) is 10.3. The Labute approximate surface area is 172 Å². The highest BCUT2D eigenvalue weighted by Crippen LogP contribution is 2.41. The molecule has 0 saturated carbocycles. The van der Waals surface area contributed by atoms with E-state index >= 15 is 0 Å². The van der Waals surface area contributed by atoms with Crippen molar-refractivity contribution in [2.24, 2.45) is 0 Å². The third-order valence-corrected chi connectivity index (χ3v) is 5.93. The van der Waals surface area contributed by atoms with Crippen molar-refractivity contribution in [1.82, 2.24) is 0 Å². The molecule has 0 bridgehead atoms. The molecule has 2 aromatic carbocycles. The first-order valence-electron chi connectivity index (χ1n) is 8.88. The van der Waals surface area contributed by atoms with E-state index in [9.17, 15) is 31.1 Å². The second-order valence-electron chi connectivity index (χ2n) is 7.05. The van der Waals surface area contributed by atoms with Crippen LogP contribution < -0.4 is 4.74 Å². The summed E-state index contributed by atoms with van der Waals surface area (Å²) in [4.78, 5) is -0.336. The van der Waals surface area contributed by atoms with Gasteiger partial charge in [0.2, 0.25) is 0 Å². The molecule has 30 heavy (non-hydrogen) atoms. The summed E-state index contributed by atoms with van der Waals surface area (Å²) in [7, 11) is -3.26. The molecule has 5 nitrogen and oxygen atoms in total. The van der Waals surface area contributed by atoms with E-state index in [1.54, 1.807) is 6.92 Å². The van der Waals surface area contributed by atoms with Gasteiger partial charge in [0.15, 0.2) is 5.60 Å². The first-order chi connectivity index (χ1) is 13.8. The molecular weight excluding hydrogens is 428 g/mol. The smallest absolute Gasteiger partial charge is 0.419 e. The van der Waals surface area contributed by atoms with Crippen LogP contribution in [-0.2, 0) is 14.3 Å². The molecule has 2 aromatic rings. The van der Waals surface area contributed by atoms with Gasteiger partial charge >= 0.3 is 6.18 Å². The third kappa shape index (κ3) is 5.50. The van der Waals surface area contributed by atoms with Crippen LogP contribution in [0.5, 0.6) is 5.75 Å². The molecule has 0 aromatic heterocycles. The van der Waals surface area contributed by atoms with Crippen molar-refractivity contribution in [3.8, 4) is 5.75 Å². The number of aryl methyl sites for hydroxylation is 1. The SMILES string of the molecule is COc1ccc(F)cc1C(C)CC(O)(COS(=O)(=O)c1ccc(C)cc1)C(F)(F)F. The van der Waals surface area contributed by atoms with Crippen LogP contribution in [0.3, 0.4) is 0 Å². The van der Waals surface area contributed by atoms with Crippen LogP contribution in [0.1, 0.15) is 30.4 Å². The molecule has 2 rings (SSSR count). The lowest BCUT2D eigenvalue weighted by atomic mass is 9.86. The number of ether oxygens (including phenoxy) is 1. The van der Waals surface area contributed by atoms with Crippen LogP contribution in [0.25, 0.3) is 0 Å². The van der Waals surface area contributed by atoms with Crippen LogP contribution in [0.2, 0.25) is 0 Å². The number of hydrogen-bond donors (Lipinski definition) is 1. The number of aliphatic hydroxyl groups is 1. The summed E-state index contributed by atoms with van der Waals surface area (Å²) in [6.45, 7) is 1.50. The molecule has 1 N–H and O–H groups in total. The largest absolute Gasteiger partial charge is 0.496 e. The molecular formula is C20H22F4O5S. The van der Waals surface area contributed by atoms with E-state index in [0.717, 1.165) is 17.7 Å². The highest BCUT2D eigenvalue weighted by atomic mass is 32.2. The zero-order valence-corrected chi connectivity index (χ0v) is 17.3. The maximum absolute atomic E-state index is 13.6. The number of rotatable bonds is 8. The zero-order chi connectivity index (χ0) is 22.7. The van der Waals surface area contributed by atoms with E-state index in [1.165, 1.54) is 44.4 Å². The summed E-state index contributed by atoms with van der Waals surface area (Å²) in [6, 6.07) is 8.66. The Morgan fingerprint density at radius 3 is 2.23 bits per heavy atom. The van der Waals surface area contributed by atoms with Crippen LogP contribution in [0.15, 0.2) is 47.4 Å². The van der Waals surface area contributed by atoms with Gasteiger partial charge in [0, 0.05) is 0 Å². The van der Waals surface area contributed by atoms with Crippen molar-refractivity contribution in [1.29, 1.82) is 0 Å². The van der Waals surface area contributed by atoms with Crippen molar-refractivity contribution in [3.05, 3.63) is 59.4 Å². The molecule has 0 spiro atoms. The van der Waals surface area contributed by atoms with Gasteiger partial charge in [-0.3, -0.25) is 4.18 Å². The molecule has 0 heterocycles. The molecule has 0 radical (unpaired) electrons. The second-order valence-corrected chi connectivity index (χ2v) is 8.67. The summed E-state index contributed by atoms with van der Waals surface area (Å²) in [6.07, 6.45) is -6.18. The Morgan fingerprint density at radius 1 is 1.10 bits per heavy atom. The predicted molar refractivity (Wildman–Crippen MR) is 101 cm³/mol. The zero-order valence-electron chi connectivity index (χ0n) is 16.5. The highest BCUT2D eigenvalue weighted by Gasteiger charge is 2.55. The molecule has 0 aliphatic heterocycles. The molecule has 0 aliphatic rings. The van der Waals surface area contributed by atoms with Crippen LogP contribution >= 0.6 is 0 Å². The van der Waals surface area contributed by atoms with Crippen LogP contribution in [0.4, 0.5) is 17.6 Å². The van der Waals surface area contributed by atoms with Gasteiger partial charge in [0.1, 0.15) is 18.2 Å². The van der Waals surface area contributed by atoms with E-state index in [-0.39, 0.29) is 16.2 Å². The van der Waals surface area contributed by atoms with Gasteiger partial charge < -0.3 is 9.84 Å². The lowest BCUT2D eigenvalue weighted by Crippen LogP contribution is -2.50. The first-order valence-corrected chi connectivity index (χ1v) is 10.3. The molecule has 2 atom stereocenters. The number of methoxy groups -OCH3 is 1. The first kappa shape index (κ1) is 24.1. The van der Waals surface area contributed by atoms with Gasteiger partial charge in [-0.1, -0.05) is 24.6 Å². The minimum Gasteiger partial charge on any atom is -0.496 e. The Balaban J connectivity index is 2.28. The highest BCUT2D eigenvalue weighted by molar-refractivity contribution is 7.86. The average Bonchev–Trinajstić information content (AvgIpc) is 2.66. The predicted octanol–water partition coefficient (Wildman–Crippen LogP) is 4.34. The maximum atomic E-state index is 13.6. The Bertz CT molecular complexity index is 974. The van der Waals surface area contributed by atoms with Crippen molar-refractivity contribution in [3.63, 3.8) is 0 Å². The van der Waals surface area contributed by atoms with Crippen LogP contribution in [0, 0.1) is 12.7 Å². The lowest BCUT2D eigenvalue weighted by molar-refractivity contribution is -0.271. The quantitative estimate of drug-likeness (QED) is 0.479. The molecule has 0 saturated heterocycles. The van der Waals surface area contributed by atoms with Gasteiger partial charge in [0.25, 0.3) is 10.1 Å². The number of benzene rings is 2. The van der Waals surface area contributed by atoms with E-state index in [2.05, 4.69) is 4.18 Å². The van der Waals surface area contributed by atoms with E-state index in [4.69, 9.17) is 4.74 Å². The topological polar surface area (TPSA) is 72.8 Å². The Hall–Kier alpha value is -2.17. The van der Waals surface area contributed by atoms with Gasteiger partial charge in [-0.15, -0.1) is 0 Å². The van der Waals surface area contributed by atoms with Crippen LogP contribution in [-0.4, -0.2) is 39.0 Å². The van der Waals surface area contributed by atoms with Gasteiger partial charge in [-0.05, 0) is 55.2 Å². The van der Waals surface area contributed by atoms with E-state index in [1.807, 2.05) is 0 Å². The minimum absolute atomic E-state index is 0.0987. The van der Waals surface area contributed by atoms with Crippen molar-refractivity contribution < 1.29 is 40.0 Å². The maximum Gasteiger partial charge on any atom is 0.419 e. The number of alkyl halides is 3. The molecule has 166 valence electrons. The summed E-state index contributed by atoms with van der Waals surface area (Å²) < 4.78 is 88.6. The van der Waals surface area contributed by atoms with Crippen molar-refractivity contribution in [2.45, 2.75) is 42.9 Å². The number of hydrogen-bond acceptors (Lipinski definition) is 5. The molecule has 0 aliphatic carbocycles. The van der Waals surface area contributed by atoms with Crippen molar-refractivity contribution >= 4 is 10.1 Å². The lowest BCUT2D eigenvalue weighted by Gasteiger charge is -2.32. The van der Waals surface area contributed by atoms with Gasteiger partial charge in [0.05, 0.1) is 12.0 Å². The monoisotopic (exact) mass is 450 g/mol. The Morgan fingerprint density at radius 2 is 1.70 bits per heavy atom. The third-order valence-electron chi connectivity index (χ3n) is 4.66. The van der Waals surface area contributed by atoms with Gasteiger partial charge in [-0.25, -0.2) is 4.39 Å². The van der Waals surface area contributed by atoms with Gasteiger partial charge in [-0.2, -0.15) is 21.6 Å². The fourth-order valence-electron chi connectivity index (χ4n) is 2.91. The minimum atomic E-state index is -5.20. The summed E-state index contributed by atoms with van der Waals surface area (Å²) >= 11 is 0. The summed E-state index contributed by atoms with van der Waals surface area (Å²) in [5.74, 6) is -1.58. The van der Waals surface area contributed by atoms with Crippen molar-refractivity contribution in [2.75, 3.05) is 13.7 Å². The fraction of sp³-hybridized carbons (Fsp3) is 0.400. The number of halogens is 4. The standard InChI is InChI=1S/C20H22F4O5S/c1-13-4-7-16(8-5-13)30(26,27)29-12-19(25,20(22,23)24)11-14(2)17-10-15(21)6-9-18(17)28-3/h4-10,14,25H,11-12H2,1-3H3. The normalized spacial score (nSPS) is 15.5. The second kappa shape index (κ2) is 8.91. The average molecular weight is 450 g/mol. The molecule has 0 fully saturated rings. The van der Waals surface area contributed by atoms with E-state index < -0.39 is 46.7 Å². The molecule has 0 amide bonds. The fourth-order valence-corrected chi connectivity index (χ4v) is 3.87. The van der Waals surface area contributed by atoms with E-state index in [0.29, 0.717) is 0 Å². The Kier molecular flexibility index (Phi) is 7.16. The molecule has 10 heteroatoms.